The Labute approximate surface area is 138 Å². The standard InChI is InChI=1S/C18H27N5/c1-5-19-18(8-6-13(2)7-9-18)17-20-21-22-23(17)16-11-14(3)10-15(4)12-16/h10-13,19H,5-9H2,1-4H3. The van der Waals surface area contributed by atoms with Crippen molar-refractivity contribution in [3.8, 4) is 5.69 Å². The molecule has 1 N–H and O–H groups in total. The minimum atomic E-state index is -0.109. The molecule has 0 atom stereocenters. The first-order chi connectivity index (χ1) is 11.0. The molecule has 3 rings (SSSR count). The van der Waals surface area contributed by atoms with Crippen molar-refractivity contribution < 1.29 is 0 Å². The fourth-order valence-corrected chi connectivity index (χ4v) is 3.81. The van der Waals surface area contributed by atoms with E-state index in [9.17, 15) is 0 Å². The molecule has 1 aliphatic rings. The minimum Gasteiger partial charge on any atom is -0.305 e. The molecule has 0 unspecified atom stereocenters. The highest BCUT2D eigenvalue weighted by Crippen LogP contribution is 2.39. The van der Waals surface area contributed by atoms with Crippen molar-refractivity contribution in [1.29, 1.82) is 0 Å². The molecule has 0 bridgehead atoms. The quantitative estimate of drug-likeness (QED) is 0.941. The summed E-state index contributed by atoms with van der Waals surface area (Å²) < 4.78 is 1.93. The van der Waals surface area contributed by atoms with Crippen molar-refractivity contribution in [2.24, 2.45) is 5.92 Å². The average Bonchev–Trinajstić information content (AvgIpc) is 2.99. The van der Waals surface area contributed by atoms with Crippen LogP contribution < -0.4 is 5.32 Å². The molecule has 2 aromatic rings. The molecule has 1 aromatic heterocycles. The summed E-state index contributed by atoms with van der Waals surface area (Å²) in [6, 6.07) is 6.48. The first kappa shape index (κ1) is 16.1. The van der Waals surface area contributed by atoms with Crippen LogP contribution in [0.3, 0.4) is 0 Å². The van der Waals surface area contributed by atoms with Crippen molar-refractivity contribution in [1.82, 2.24) is 25.5 Å². The Morgan fingerprint density at radius 2 is 1.83 bits per heavy atom. The van der Waals surface area contributed by atoms with E-state index in [1.54, 1.807) is 0 Å². The maximum atomic E-state index is 4.43. The van der Waals surface area contributed by atoms with Gasteiger partial charge in [-0.25, -0.2) is 0 Å². The van der Waals surface area contributed by atoms with E-state index in [1.165, 1.54) is 24.0 Å². The van der Waals surface area contributed by atoms with Gasteiger partial charge in [0.25, 0.3) is 0 Å². The summed E-state index contributed by atoms with van der Waals surface area (Å²) in [6.45, 7) is 9.65. The van der Waals surface area contributed by atoms with Crippen LogP contribution in [0.5, 0.6) is 0 Å². The molecule has 0 spiro atoms. The summed E-state index contributed by atoms with van der Waals surface area (Å²) >= 11 is 0. The summed E-state index contributed by atoms with van der Waals surface area (Å²) in [4.78, 5) is 0. The summed E-state index contributed by atoms with van der Waals surface area (Å²) in [6.07, 6.45) is 4.61. The Morgan fingerprint density at radius 1 is 1.17 bits per heavy atom. The van der Waals surface area contributed by atoms with Crippen molar-refractivity contribution in [3.63, 3.8) is 0 Å². The molecule has 1 fully saturated rings. The molecular weight excluding hydrogens is 286 g/mol. The van der Waals surface area contributed by atoms with Gasteiger partial charge in [0, 0.05) is 0 Å². The number of aryl methyl sites for hydroxylation is 2. The van der Waals surface area contributed by atoms with Gasteiger partial charge >= 0.3 is 0 Å². The second-order valence-corrected chi connectivity index (χ2v) is 7.06. The largest absolute Gasteiger partial charge is 0.305 e. The van der Waals surface area contributed by atoms with Gasteiger partial charge in [-0.05, 0) is 85.7 Å². The van der Waals surface area contributed by atoms with Crippen LogP contribution in [0.2, 0.25) is 0 Å². The first-order valence-electron chi connectivity index (χ1n) is 8.66. The van der Waals surface area contributed by atoms with Gasteiger partial charge in [-0.15, -0.1) is 5.10 Å². The third-order valence-electron chi connectivity index (χ3n) is 4.99. The van der Waals surface area contributed by atoms with Gasteiger partial charge < -0.3 is 5.32 Å². The smallest absolute Gasteiger partial charge is 0.176 e. The number of hydrogen-bond donors (Lipinski definition) is 1. The van der Waals surface area contributed by atoms with E-state index in [2.05, 4.69) is 66.7 Å². The van der Waals surface area contributed by atoms with Crippen LogP contribution in [0.25, 0.3) is 5.69 Å². The number of rotatable bonds is 4. The zero-order chi connectivity index (χ0) is 16.4. The summed E-state index contributed by atoms with van der Waals surface area (Å²) in [7, 11) is 0. The Morgan fingerprint density at radius 3 is 2.43 bits per heavy atom. The highest BCUT2D eigenvalue weighted by Gasteiger charge is 2.40. The van der Waals surface area contributed by atoms with Crippen molar-refractivity contribution in [2.45, 2.75) is 58.9 Å². The predicted octanol–water partition coefficient (Wildman–Crippen LogP) is 3.29. The molecule has 1 aromatic carbocycles. The Hall–Kier alpha value is -1.75. The fourth-order valence-electron chi connectivity index (χ4n) is 3.81. The summed E-state index contributed by atoms with van der Waals surface area (Å²) in [5.74, 6) is 1.74. The van der Waals surface area contributed by atoms with Crippen molar-refractivity contribution >= 4 is 0 Å². The second-order valence-electron chi connectivity index (χ2n) is 7.06. The third-order valence-corrected chi connectivity index (χ3v) is 4.99. The van der Waals surface area contributed by atoms with E-state index in [-0.39, 0.29) is 5.54 Å². The van der Waals surface area contributed by atoms with Crippen LogP contribution in [0.1, 0.15) is 56.5 Å². The normalized spacial score (nSPS) is 24.8. The van der Waals surface area contributed by atoms with Crippen molar-refractivity contribution in [3.05, 3.63) is 35.2 Å². The zero-order valence-electron chi connectivity index (χ0n) is 14.6. The predicted molar refractivity (Wildman–Crippen MR) is 91.6 cm³/mol. The molecule has 23 heavy (non-hydrogen) atoms. The Bertz CT molecular complexity index is 648. The lowest BCUT2D eigenvalue weighted by Gasteiger charge is -2.38. The molecule has 0 amide bonds. The highest BCUT2D eigenvalue weighted by molar-refractivity contribution is 5.39. The lowest BCUT2D eigenvalue weighted by molar-refractivity contribution is 0.185. The van der Waals surface area contributed by atoms with Gasteiger partial charge in [0.1, 0.15) is 0 Å². The third kappa shape index (κ3) is 3.15. The molecule has 0 saturated heterocycles. The molecule has 0 aliphatic heterocycles. The number of benzene rings is 1. The van der Waals surface area contributed by atoms with Crippen LogP contribution in [-0.2, 0) is 5.54 Å². The van der Waals surface area contributed by atoms with Crippen LogP contribution >= 0.6 is 0 Å². The highest BCUT2D eigenvalue weighted by atomic mass is 15.6. The molecule has 5 nitrogen and oxygen atoms in total. The SMILES string of the molecule is CCNC1(c2nnnn2-c2cc(C)cc(C)c2)CCC(C)CC1. The Kier molecular flexibility index (Phi) is 4.48. The monoisotopic (exact) mass is 313 g/mol. The summed E-state index contributed by atoms with van der Waals surface area (Å²) in [5.41, 5.74) is 3.41. The number of aromatic nitrogens is 4. The van der Waals surface area contributed by atoms with E-state index in [1.807, 2.05) is 4.68 Å². The molecule has 1 heterocycles. The van der Waals surface area contributed by atoms with E-state index in [4.69, 9.17) is 0 Å². The molecule has 1 saturated carbocycles. The first-order valence-corrected chi connectivity index (χ1v) is 8.66. The summed E-state index contributed by atoms with van der Waals surface area (Å²) in [5, 5.41) is 16.4. The minimum absolute atomic E-state index is 0.109. The Balaban J connectivity index is 2.04. The second kappa shape index (κ2) is 6.40. The molecule has 5 heteroatoms. The van der Waals surface area contributed by atoms with E-state index < -0.39 is 0 Å². The van der Waals surface area contributed by atoms with Gasteiger partial charge in [0.2, 0.25) is 0 Å². The molecule has 1 aliphatic carbocycles. The average molecular weight is 313 g/mol. The van der Waals surface area contributed by atoms with Crippen LogP contribution in [0.15, 0.2) is 18.2 Å². The van der Waals surface area contributed by atoms with Gasteiger partial charge in [-0.2, -0.15) is 4.68 Å². The molecule has 0 radical (unpaired) electrons. The zero-order valence-corrected chi connectivity index (χ0v) is 14.6. The number of hydrogen-bond acceptors (Lipinski definition) is 4. The van der Waals surface area contributed by atoms with E-state index >= 15 is 0 Å². The molecular formula is C18H27N5. The fraction of sp³-hybridized carbons (Fsp3) is 0.611. The van der Waals surface area contributed by atoms with Crippen molar-refractivity contribution in [2.75, 3.05) is 6.54 Å². The maximum Gasteiger partial charge on any atom is 0.176 e. The number of nitrogens with one attached hydrogen (secondary N) is 1. The van der Waals surface area contributed by atoms with Crippen LogP contribution in [0, 0.1) is 19.8 Å². The van der Waals surface area contributed by atoms with Gasteiger partial charge in [0.15, 0.2) is 5.82 Å². The van der Waals surface area contributed by atoms with Gasteiger partial charge in [-0.3, -0.25) is 0 Å². The van der Waals surface area contributed by atoms with E-state index in [0.29, 0.717) is 0 Å². The number of nitrogens with zero attached hydrogens (tertiary/aromatic N) is 4. The number of tetrazole rings is 1. The van der Waals surface area contributed by atoms with Gasteiger partial charge in [0.05, 0.1) is 11.2 Å². The lowest BCUT2D eigenvalue weighted by Crippen LogP contribution is -2.47. The van der Waals surface area contributed by atoms with Crippen LogP contribution in [-0.4, -0.2) is 26.8 Å². The lowest BCUT2D eigenvalue weighted by atomic mass is 9.76. The van der Waals surface area contributed by atoms with Gasteiger partial charge in [-0.1, -0.05) is 19.9 Å². The van der Waals surface area contributed by atoms with E-state index in [0.717, 1.165) is 36.8 Å². The maximum absolute atomic E-state index is 4.43. The topological polar surface area (TPSA) is 55.6 Å². The molecule has 124 valence electrons. The van der Waals surface area contributed by atoms with Crippen LogP contribution in [0.4, 0.5) is 0 Å².